The summed E-state index contributed by atoms with van der Waals surface area (Å²) in [5, 5.41) is 3.09. The van der Waals surface area contributed by atoms with Gasteiger partial charge in [-0.2, -0.15) is 0 Å². The molecule has 1 aliphatic rings. The third-order valence-corrected chi connectivity index (χ3v) is 3.55. The van der Waals surface area contributed by atoms with E-state index in [1.807, 2.05) is 27.7 Å². The molecule has 1 rings (SSSR count). The van der Waals surface area contributed by atoms with Gasteiger partial charge in [0.1, 0.15) is 5.78 Å². The molecule has 0 unspecified atom stereocenters. The van der Waals surface area contributed by atoms with Crippen LogP contribution >= 0.6 is 0 Å². The molecule has 0 aromatic heterocycles. The van der Waals surface area contributed by atoms with Crippen LogP contribution < -0.4 is 5.32 Å². The van der Waals surface area contributed by atoms with E-state index in [2.05, 4.69) is 5.32 Å². The molecule has 0 aromatic rings. The van der Waals surface area contributed by atoms with E-state index in [0.29, 0.717) is 12.2 Å². The Balaban J connectivity index is 2.38. The van der Waals surface area contributed by atoms with Crippen molar-refractivity contribution in [2.45, 2.75) is 65.8 Å². The quantitative estimate of drug-likeness (QED) is 0.823. The first-order valence-corrected chi connectivity index (χ1v) is 6.68. The van der Waals surface area contributed by atoms with Crippen molar-refractivity contribution in [2.24, 2.45) is 11.3 Å². The summed E-state index contributed by atoms with van der Waals surface area (Å²) in [5.41, 5.74) is -0.323. The molecular formula is C14H25NO2. The molecule has 0 spiro atoms. The van der Waals surface area contributed by atoms with Crippen molar-refractivity contribution in [3.8, 4) is 0 Å². The zero-order chi connectivity index (χ0) is 13.1. The van der Waals surface area contributed by atoms with Gasteiger partial charge in [0, 0.05) is 23.8 Å². The molecule has 0 aliphatic heterocycles. The van der Waals surface area contributed by atoms with Gasteiger partial charge < -0.3 is 5.32 Å². The van der Waals surface area contributed by atoms with Gasteiger partial charge in [0.05, 0.1) is 0 Å². The van der Waals surface area contributed by atoms with Crippen LogP contribution in [0.15, 0.2) is 0 Å². The third-order valence-electron chi connectivity index (χ3n) is 3.55. The van der Waals surface area contributed by atoms with Crippen LogP contribution in [0.25, 0.3) is 0 Å². The lowest BCUT2D eigenvalue weighted by Gasteiger charge is -2.30. The van der Waals surface area contributed by atoms with Crippen molar-refractivity contribution in [3.05, 3.63) is 0 Å². The number of Topliss-reactive ketones (excluding diaryl/α,β-unsaturated/α-hetero) is 1. The minimum atomic E-state index is -0.323. The van der Waals surface area contributed by atoms with Gasteiger partial charge in [-0.05, 0) is 25.7 Å². The first-order chi connectivity index (χ1) is 7.84. The van der Waals surface area contributed by atoms with Crippen LogP contribution in [-0.2, 0) is 9.59 Å². The molecule has 0 radical (unpaired) electrons. The van der Waals surface area contributed by atoms with Gasteiger partial charge in [-0.15, -0.1) is 0 Å². The van der Waals surface area contributed by atoms with E-state index in [4.69, 9.17) is 0 Å². The lowest BCUT2D eigenvalue weighted by Crippen LogP contribution is -2.43. The first kappa shape index (κ1) is 14.2. The van der Waals surface area contributed by atoms with E-state index in [0.717, 1.165) is 25.7 Å². The third kappa shape index (κ3) is 4.14. The maximum Gasteiger partial charge on any atom is 0.225 e. The average molecular weight is 239 g/mol. The minimum absolute atomic E-state index is 0.114. The maximum atomic E-state index is 11.8. The molecule has 1 amide bonds. The van der Waals surface area contributed by atoms with E-state index in [9.17, 15) is 9.59 Å². The second-order valence-electron chi connectivity index (χ2n) is 6.09. The van der Waals surface area contributed by atoms with E-state index in [1.54, 1.807) is 0 Å². The number of hydrogen-bond donors (Lipinski definition) is 1. The first-order valence-electron chi connectivity index (χ1n) is 6.68. The van der Waals surface area contributed by atoms with Gasteiger partial charge in [0.15, 0.2) is 0 Å². The molecule has 1 aliphatic carbocycles. The van der Waals surface area contributed by atoms with E-state index in [-0.39, 0.29) is 23.3 Å². The highest BCUT2D eigenvalue weighted by atomic mass is 16.2. The predicted octanol–water partition coefficient (Wildman–Crippen LogP) is 2.69. The fourth-order valence-electron chi connectivity index (χ4n) is 2.25. The smallest absolute Gasteiger partial charge is 0.225 e. The average Bonchev–Trinajstić information content (AvgIpc) is 2.27. The molecule has 0 atom stereocenters. The van der Waals surface area contributed by atoms with Crippen molar-refractivity contribution in [3.63, 3.8) is 0 Å². The van der Waals surface area contributed by atoms with Crippen LogP contribution in [-0.4, -0.2) is 17.7 Å². The number of carbonyl (C=O) groups excluding carboxylic acids is 2. The number of amides is 1. The van der Waals surface area contributed by atoms with Crippen molar-refractivity contribution in [1.29, 1.82) is 0 Å². The van der Waals surface area contributed by atoms with Gasteiger partial charge in [0.2, 0.25) is 5.91 Å². The summed E-state index contributed by atoms with van der Waals surface area (Å²) in [4.78, 5) is 23.4. The predicted molar refractivity (Wildman–Crippen MR) is 68.6 cm³/mol. The van der Waals surface area contributed by atoms with Crippen LogP contribution in [0.2, 0.25) is 0 Å². The molecule has 17 heavy (non-hydrogen) atoms. The highest BCUT2D eigenvalue weighted by Crippen LogP contribution is 2.26. The molecule has 1 fully saturated rings. The summed E-state index contributed by atoms with van der Waals surface area (Å²) in [7, 11) is 0. The normalized spacial score (nSPS) is 25.4. The Morgan fingerprint density at radius 2 is 1.65 bits per heavy atom. The van der Waals surface area contributed by atoms with E-state index < -0.39 is 0 Å². The molecule has 0 aromatic carbocycles. The van der Waals surface area contributed by atoms with Crippen molar-refractivity contribution in [2.75, 3.05) is 0 Å². The van der Waals surface area contributed by atoms with Crippen LogP contribution in [0.3, 0.4) is 0 Å². The SMILES string of the molecule is CCC(=O)C1CCC(NC(=O)C(C)(C)C)CC1. The van der Waals surface area contributed by atoms with E-state index >= 15 is 0 Å². The summed E-state index contributed by atoms with van der Waals surface area (Å²) in [6.45, 7) is 7.70. The summed E-state index contributed by atoms with van der Waals surface area (Å²) < 4.78 is 0. The van der Waals surface area contributed by atoms with Crippen molar-refractivity contribution in [1.82, 2.24) is 5.32 Å². The van der Waals surface area contributed by atoms with Gasteiger partial charge >= 0.3 is 0 Å². The van der Waals surface area contributed by atoms with Crippen LogP contribution in [0.4, 0.5) is 0 Å². The van der Waals surface area contributed by atoms with E-state index in [1.165, 1.54) is 0 Å². The topological polar surface area (TPSA) is 46.2 Å². The lowest BCUT2D eigenvalue weighted by molar-refractivity contribution is -0.129. The van der Waals surface area contributed by atoms with Gasteiger partial charge in [-0.1, -0.05) is 27.7 Å². The number of ketones is 1. The van der Waals surface area contributed by atoms with Crippen LogP contribution in [0.5, 0.6) is 0 Å². The van der Waals surface area contributed by atoms with Crippen LogP contribution in [0.1, 0.15) is 59.8 Å². The Labute approximate surface area is 104 Å². The Hall–Kier alpha value is -0.860. The minimum Gasteiger partial charge on any atom is -0.353 e. The van der Waals surface area contributed by atoms with Crippen LogP contribution in [0, 0.1) is 11.3 Å². The largest absolute Gasteiger partial charge is 0.353 e. The molecule has 0 saturated heterocycles. The molecule has 98 valence electrons. The molecular weight excluding hydrogens is 214 g/mol. The summed E-state index contributed by atoms with van der Waals surface area (Å²) in [5.74, 6) is 0.733. The summed E-state index contributed by atoms with van der Waals surface area (Å²) in [6.07, 6.45) is 4.39. The number of carbonyl (C=O) groups is 2. The summed E-state index contributed by atoms with van der Waals surface area (Å²) >= 11 is 0. The molecule has 0 bridgehead atoms. The number of hydrogen-bond acceptors (Lipinski definition) is 2. The number of rotatable bonds is 3. The van der Waals surface area contributed by atoms with Gasteiger partial charge in [-0.25, -0.2) is 0 Å². The second-order valence-corrected chi connectivity index (χ2v) is 6.09. The molecule has 1 saturated carbocycles. The highest BCUT2D eigenvalue weighted by molar-refractivity contribution is 5.82. The molecule has 3 nitrogen and oxygen atoms in total. The Kier molecular flexibility index (Phi) is 4.72. The molecule has 3 heteroatoms. The summed E-state index contributed by atoms with van der Waals surface area (Å²) in [6, 6.07) is 0.266. The highest BCUT2D eigenvalue weighted by Gasteiger charge is 2.28. The zero-order valence-corrected chi connectivity index (χ0v) is 11.5. The maximum absolute atomic E-state index is 11.8. The lowest BCUT2D eigenvalue weighted by atomic mass is 9.82. The zero-order valence-electron chi connectivity index (χ0n) is 11.5. The Bertz CT molecular complexity index is 283. The van der Waals surface area contributed by atoms with Crippen molar-refractivity contribution < 1.29 is 9.59 Å². The number of nitrogens with one attached hydrogen (secondary N) is 1. The standard InChI is InChI=1S/C14H25NO2/c1-5-12(16)10-6-8-11(9-7-10)15-13(17)14(2,3)4/h10-11H,5-9H2,1-4H3,(H,15,17). The Morgan fingerprint density at radius 3 is 2.06 bits per heavy atom. The van der Waals surface area contributed by atoms with Gasteiger partial charge in [-0.3, -0.25) is 9.59 Å². The fourth-order valence-corrected chi connectivity index (χ4v) is 2.25. The van der Waals surface area contributed by atoms with Crippen molar-refractivity contribution >= 4 is 11.7 Å². The van der Waals surface area contributed by atoms with Gasteiger partial charge in [0.25, 0.3) is 0 Å². The molecule has 1 N–H and O–H groups in total. The second kappa shape index (κ2) is 5.65. The molecule has 0 heterocycles. The Morgan fingerprint density at radius 1 is 1.12 bits per heavy atom. The fraction of sp³-hybridized carbons (Fsp3) is 0.857. The monoisotopic (exact) mass is 239 g/mol.